The van der Waals surface area contributed by atoms with E-state index < -0.39 is 0 Å². The van der Waals surface area contributed by atoms with Crippen LogP contribution in [-0.4, -0.2) is 37.4 Å². The lowest BCUT2D eigenvalue weighted by Crippen LogP contribution is -2.31. The van der Waals surface area contributed by atoms with Gasteiger partial charge in [0, 0.05) is 30.9 Å². The van der Waals surface area contributed by atoms with Gasteiger partial charge in [0.15, 0.2) is 0 Å². The highest BCUT2D eigenvalue weighted by atomic mass is 16.2. The Morgan fingerprint density at radius 1 is 0.906 bits per heavy atom. The van der Waals surface area contributed by atoms with Crippen LogP contribution in [0.25, 0.3) is 5.69 Å². The van der Waals surface area contributed by atoms with Crippen molar-refractivity contribution in [2.45, 2.75) is 26.9 Å². The van der Waals surface area contributed by atoms with Gasteiger partial charge in [-0.15, -0.1) is 0 Å². The molecule has 2 aromatic heterocycles. The maximum Gasteiger partial charge on any atom is 0.274 e. The van der Waals surface area contributed by atoms with Crippen LogP contribution in [0.5, 0.6) is 0 Å². The van der Waals surface area contributed by atoms with Gasteiger partial charge in [-0.25, -0.2) is 9.36 Å². The predicted octanol–water partition coefficient (Wildman–Crippen LogP) is 3.37. The van der Waals surface area contributed by atoms with E-state index in [0.29, 0.717) is 13.1 Å². The molecule has 0 spiro atoms. The summed E-state index contributed by atoms with van der Waals surface area (Å²) >= 11 is 0. The molecule has 0 N–H and O–H groups in total. The molecule has 7 nitrogen and oxygen atoms in total. The monoisotopic (exact) mass is 427 g/mol. The van der Waals surface area contributed by atoms with Gasteiger partial charge in [0.25, 0.3) is 11.5 Å². The second kappa shape index (κ2) is 9.01. The molecule has 1 amide bonds. The van der Waals surface area contributed by atoms with E-state index in [-0.39, 0.29) is 17.2 Å². The third kappa shape index (κ3) is 4.37. The zero-order valence-electron chi connectivity index (χ0n) is 18.4. The van der Waals surface area contributed by atoms with Gasteiger partial charge in [-0.1, -0.05) is 48.5 Å². The Balaban J connectivity index is 1.55. The molecule has 2 aromatic carbocycles. The van der Waals surface area contributed by atoms with Crippen LogP contribution in [-0.2, 0) is 13.1 Å². The minimum Gasteiger partial charge on any atom is -0.336 e. The lowest BCUT2D eigenvalue weighted by atomic mass is 10.1. The van der Waals surface area contributed by atoms with Gasteiger partial charge in [-0.3, -0.25) is 9.59 Å². The summed E-state index contributed by atoms with van der Waals surface area (Å²) in [4.78, 5) is 26.9. The molecule has 0 atom stereocenters. The SMILES string of the molecule is Cc1nn(-c2ccccc2)c(C)c1CN(C)C(=O)c1ccc(=O)n(Cc2ccccc2)n1. The quantitative estimate of drug-likeness (QED) is 0.473. The van der Waals surface area contributed by atoms with Crippen molar-refractivity contribution in [2.24, 2.45) is 0 Å². The van der Waals surface area contributed by atoms with E-state index in [1.54, 1.807) is 11.9 Å². The third-order valence-corrected chi connectivity index (χ3v) is 5.44. The summed E-state index contributed by atoms with van der Waals surface area (Å²) in [5.41, 5.74) is 4.74. The lowest BCUT2D eigenvalue weighted by molar-refractivity contribution is 0.0776. The summed E-state index contributed by atoms with van der Waals surface area (Å²) in [5.74, 6) is -0.252. The van der Waals surface area contributed by atoms with Crippen LogP contribution in [0.4, 0.5) is 0 Å². The summed E-state index contributed by atoms with van der Waals surface area (Å²) < 4.78 is 3.21. The van der Waals surface area contributed by atoms with Gasteiger partial charge in [-0.2, -0.15) is 10.2 Å². The molecule has 4 aromatic rings. The van der Waals surface area contributed by atoms with Crippen molar-refractivity contribution in [1.82, 2.24) is 24.5 Å². The summed E-state index contributed by atoms with van der Waals surface area (Å²) in [6, 6.07) is 22.3. The zero-order chi connectivity index (χ0) is 22.7. The van der Waals surface area contributed by atoms with Crippen molar-refractivity contribution in [3.63, 3.8) is 0 Å². The van der Waals surface area contributed by atoms with Crippen molar-refractivity contribution in [3.8, 4) is 5.69 Å². The zero-order valence-corrected chi connectivity index (χ0v) is 18.4. The van der Waals surface area contributed by atoms with Gasteiger partial charge in [0.2, 0.25) is 0 Å². The van der Waals surface area contributed by atoms with Crippen LogP contribution in [0, 0.1) is 13.8 Å². The van der Waals surface area contributed by atoms with E-state index in [4.69, 9.17) is 0 Å². The van der Waals surface area contributed by atoms with E-state index >= 15 is 0 Å². The first-order valence-electron chi connectivity index (χ1n) is 10.4. The number of benzene rings is 2. The normalized spacial score (nSPS) is 10.8. The molecule has 0 aliphatic heterocycles. The number of carbonyl (C=O) groups is 1. The average Bonchev–Trinajstić information content (AvgIpc) is 3.09. The summed E-state index contributed by atoms with van der Waals surface area (Å²) in [5, 5.41) is 8.98. The van der Waals surface area contributed by atoms with Gasteiger partial charge in [0.1, 0.15) is 5.69 Å². The highest BCUT2D eigenvalue weighted by Gasteiger charge is 2.20. The first-order chi connectivity index (χ1) is 15.4. The number of carbonyl (C=O) groups excluding carboxylic acids is 1. The van der Waals surface area contributed by atoms with E-state index in [0.717, 1.165) is 28.2 Å². The van der Waals surface area contributed by atoms with Crippen molar-refractivity contribution in [1.29, 1.82) is 0 Å². The Bertz CT molecular complexity index is 1290. The largest absolute Gasteiger partial charge is 0.336 e. The second-order valence-corrected chi connectivity index (χ2v) is 7.76. The first kappa shape index (κ1) is 21.2. The number of hydrogen-bond acceptors (Lipinski definition) is 4. The molecular formula is C25H25N5O2. The molecular weight excluding hydrogens is 402 g/mol. The molecule has 7 heteroatoms. The number of aryl methyl sites for hydroxylation is 1. The van der Waals surface area contributed by atoms with Crippen molar-refractivity contribution < 1.29 is 4.79 Å². The molecule has 162 valence electrons. The minimum atomic E-state index is -0.252. The van der Waals surface area contributed by atoms with Crippen LogP contribution >= 0.6 is 0 Å². The molecule has 4 rings (SSSR count). The summed E-state index contributed by atoms with van der Waals surface area (Å²) in [6.45, 7) is 4.65. The molecule has 32 heavy (non-hydrogen) atoms. The number of hydrogen-bond donors (Lipinski definition) is 0. The van der Waals surface area contributed by atoms with Crippen molar-refractivity contribution >= 4 is 5.91 Å². The maximum atomic E-state index is 13.1. The fraction of sp³-hybridized carbons (Fsp3) is 0.200. The Kier molecular flexibility index (Phi) is 5.98. The Hall–Kier alpha value is -4.00. The van der Waals surface area contributed by atoms with Crippen molar-refractivity contribution in [3.05, 3.63) is 111 Å². The standard InChI is InChI=1S/C25H25N5O2/c1-18-22(19(2)30(26-18)21-12-8-5-9-13-21)17-28(3)25(32)23-14-15-24(31)29(27-23)16-20-10-6-4-7-11-20/h4-15H,16-17H2,1-3H3. The van der Waals surface area contributed by atoms with E-state index in [2.05, 4.69) is 10.2 Å². The third-order valence-electron chi connectivity index (χ3n) is 5.44. The molecule has 0 saturated heterocycles. The second-order valence-electron chi connectivity index (χ2n) is 7.76. The first-order valence-corrected chi connectivity index (χ1v) is 10.4. The molecule has 0 unspecified atom stereocenters. The highest BCUT2D eigenvalue weighted by molar-refractivity contribution is 5.91. The Morgan fingerprint density at radius 2 is 1.56 bits per heavy atom. The molecule has 2 heterocycles. The van der Waals surface area contributed by atoms with Gasteiger partial charge in [0.05, 0.1) is 17.9 Å². The van der Waals surface area contributed by atoms with E-state index in [1.165, 1.54) is 16.8 Å². The Morgan fingerprint density at radius 3 is 2.25 bits per heavy atom. The predicted molar refractivity (Wildman–Crippen MR) is 123 cm³/mol. The van der Waals surface area contributed by atoms with Gasteiger partial charge < -0.3 is 4.90 Å². The fourth-order valence-electron chi connectivity index (χ4n) is 3.66. The fourth-order valence-corrected chi connectivity index (χ4v) is 3.66. The van der Waals surface area contributed by atoms with Crippen LogP contribution in [0.3, 0.4) is 0 Å². The topological polar surface area (TPSA) is 73.0 Å². The summed E-state index contributed by atoms with van der Waals surface area (Å²) in [7, 11) is 1.73. The van der Waals surface area contributed by atoms with Crippen LogP contribution in [0.2, 0.25) is 0 Å². The minimum absolute atomic E-state index is 0.230. The molecule has 0 aliphatic carbocycles. The lowest BCUT2D eigenvalue weighted by Gasteiger charge is -2.17. The average molecular weight is 428 g/mol. The maximum absolute atomic E-state index is 13.1. The number of rotatable bonds is 6. The molecule has 0 fully saturated rings. The van der Waals surface area contributed by atoms with Gasteiger partial charge >= 0.3 is 0 Å². The molecule has 0 aliphatic rings. The number of amides is 1. The summed E-state index contributed by atoms with van der Waals surface area (Å²) in [6.07, 6.45) is 0. The number of nitrogens with zero attached hydrogens (tertiary/aromatic N) is 5. The number of aromatic nitrogens is 4. The Labute approximate surface area is 186 Å². The van der Waals surface area contributed by atoms with Crippen LogP contribution in [0.1, 0.15) is 33.0 Å². The number of para-hydroxylation sites is 1. The van der Waals surface area contributed by atoms with Crippen LogP contribution < -0.4 is 5.56 Å². The van der Waals surface area contributed by atoms with E-state index in [9.17, 15) is 9.59 Å². The highest BCUT2D eigenvalue weighted by Crippen LogP contribution is 2.19. The molecule has 0 saturated carbocycles. The van der Waals surface area contributed by atoms with Gasteiger partial charge in [-0.05, 0) is 37.6 Å². The smallest absolute Gasteiger partial charge is 0.274 e. The van der Waals surface area contributed by atoms with E-state index in [1.807, 2.05) is 79.2 Å². The van der Waals surface area contributed by atoms with Crippen molar-refractivity contribution in [2.75, 3.05) is 7.05 Å². The molecule has 0 radical (unpaired) electrons. The van der Waals surface area contributed by atoms with Crippen LogP contribution in [0.15, 0.2) is 77.6 Å². The molecule has 0 bridgehead atoms.